The molecule has 4 heteroatoms. The van der Waals surface area contributed by atoms with Crippen LogP contribution in [0, 0.1) is 0 Å². The van der Waals surface area contributed by atoms with Gasteiger partial charge in [0.15, 0.2) is 0 Å². The summed E-state index contributed by atoms with van der Waals surface area (Å²) in [6, 6.07) is 6.03. The van der Waals surface area contributed by atoms with Gasteiger partial charge in [0.2, 0.25) is 0 Å². The second kappa shape index (κ2) is 5.21. The first-order chi connectivity index (χ1) is 9.29. The first-order valence-corrected chi connectivity index (χ1v) is 6.97. The SMILES string of the molecule is COC1CCN(C(=O)c2cccc3c2NCCC3)C1. The molecule has 1 aromatic carbocycles. The molecule has 0 aliphatic carbocycles. The van der Waals surface area contributed by atoms with Crippen LogP contribution in [0.15, 0.2) is 18.2 Å². The van der Waals surface area contributed by atoms with Crippen LogP contribution in [0.2, 0.25) is 0 Å². The van der Waals surface area contributed by atoms with Crippen molar-refractivity contribution in [1.29, 1.82) is 0 Å². The quantitative estimate of drug-likeness (QED) is 0.883. The van der Waals surface area contributed by atoms with Gasteiger partial charge >= 0.3 is 0 Å². The van der Waals surface area contributed by atoms with Crippen LogP contribution >= 0.6 is 0 Å². The zero-order chi connectivity index (χ0) is 13.2. The predicted octanol–water partition coefficient (Wildman–Crippen LogP) is 1.91. The fourth-order valence-corrected chi connectivity index (χ4v) is 2.96. The lowest BCUT2D eigenvalue weighted by atomic mass is 9.99. The van der Waals surface area contributed by atoms with Crippen LogP contribution < -0.4 is 5.32 Å². The van der Waals surface area contributed by atoms with Crippen molar-refractivity contribution in [2.45, 2.75) is 25.4 Å². The summed E-state index contributed by atoms with van der Waals surface area (Å²) in [5.74, 6) is 0.130. The minimum absolute atomic E-state index is 0.130. The number of fused-ring (bicyclic) bond motifs is 1. The molecule has 1 fully saturated rings. The highest BCUT2D eigenvalue weighted by atomic mass is 16.5. The van der Waals surface area contributed by atoms with Crippen molar-refractivity contribution in [1.82, 2.24) is 4.90 Å². The van der Waals surface area contributed by atoms with E-state index in [1.165, 1.54) is 5.56 Å². The Morgan fingerprint density at radius 1 is 1.47 bits per heavy atom. The monoisotopic (exact) mass is 260 g/mol. The Morgan fingerprint density at radius 3 is 3.16 bits per heavy atom. The molecule has 0 bridgehead atoms. The van der Waals surface area contributed by atoms with Gasteiger partial charge in [0.25, 0.3) is 5.91 Å². The average molecular weight is 260 g/mol. The Morgan fingerprint density at radius 2 is 2.37 bits per heavy atom. The van der Waals surface area contributed by atoms with E-state index in [1.54, 1.807) is 7.11 Å². The molecule has 1 amide bonds. The summed E-state index contributed by atoms with van der Waals surface area (Å²) in [6.45, 7) is 2.46. The Labute approximate surface area is 113 Å². The standard InChI is InChI=1S/C15H20N2O2/c1-19-12-7-9-17(10-12)15(18)13-6-2-4-11-5-3-8-16-14(11)13/h2,4,6,12,16H,3,5,7-10H2,1H3. The van der Waals surface area contributed by atoms with Gasteiger partial charge < -0.3 is 15.0 Å². The first kappa shape index (κ1) is 12.5. The van der Waals surface area contributed by atoms with Crippen LogP contribution in [0.5, 0.6) is 0 Å². The average Bonchev–Trinajstić information content (AvgIpc) is 2.95. The number of ether oxygens (including phenoxy) is 1. The molecule has 0 radical (unpaired) electrons. The zero-order valence-corrected chi connectivity index (χ0v) is 11.3. The number of nitrogens with zero attached hydrogens (tertiary/aromatic N) is 1. The van der Waals surface area contributed by atoms with E-state index in [2.05, 4.69) is 11.4 Å². The van der Waals surface area contributed by atoms with Gasteiger partial charge in [0, 0.05) is 26.7 Å². The molecule has 1 unspecified atom stereocenters. The van der Waals surface area contributed by atoms with Gasteiger partial charge in [0.1, 0.15) is 0 Å². The van der Waals surface area contributed by atoms with Crippen LogP contribution in [0.3, 0.4) is 0 Å². The van der Waals surface area contributed by atoms with Gasteiger partial charge in [-0.25, -0.2) is 0 Å². The molecule has 4 nitrogen and oxygen atoms in total. The van der Waals surface area contributed by atoms with Gasteiger partial charge in [-0.15, -0.1) is 0 Å². The summed E-state index contributed by atoms with van der Waals surface area (Å²) < 4.78 is 5.33. The smallest absolute Gasteiger partial charge is 0.256 e. The van der Waals surface area contributed by atoms with E-state index in [9.17, 15) is 4.79 Å². The molecule has 2 aliphatic rings. The van der Waals surface area contributed by atoms with Gasteiger partial charge in [-0.3, -0.25) is 4.79 Å². The fraction of sp³-hybridized carbons (Fsp3) is 0.533. The van der Waals surface area contributed by atoms with Gasteiger partial charge in [-0.05, 0) is 30.9 Å². The normalized spacial score (nSPS) is 21.9. The summed E-state index contributed by atoms with van der Waals surface area (Å²) >= 11 is 0. The number of nitrogens with one attached hydrogen (secondary N) is 1. The molecule has 1 saturated heterocycles. The third-order valence-electron chi connectivity index (χ3n) is 4.07. The minimum Gasteiger partial charge on any atom is -0.384 e. The van der Waals surface area contributed by atoms with E-state index in [4.69, 9.17) is 4.74 Å². The number of amides is 1. The lowest BCUT2D eigenvalue weighted by Crippen LogP contribution is -2.31. The van der Waals surface area contributed by atoms with Crippen molar-refractivity contribution in [3.63, 3.8) is 0 Å². The van der Waals surface area contributed by atoms with E-state index in [0.29, 0.717) is 6.54 Å². The number of benzene rings is 1. The fourth-order valence-electron chi connectivity index (χ4n) is 2.96. The molecule has 1 N–H and O–H groups in total. The van der Waals surface area contributed by atoms with Crippen LogP contribution in [0.4, 0.5) is 5.69 Å². The van der Waals surface area contributed by atoms with Crippen molar-refractivity contribution < 1.29 is 9.53 Å². The molecule has 1 aromatic rings. The number of carbonyl (C=O) groups is 1. The number of hydrogen-bond acceptors (Lipinski definition) is 3. The van der Waals surface area contributed by atoms with E-state index in [1.807, 2.05) is 17.0 Å². The first-order valence-electron chi connectivity index (χ1n) is 6.97. The molecule has 0 spiro atoms. The van der Waals surface area contributed by atoms with Crippen molar-refractivity contribution in [2.24, 2.45) is 0 Å². The summed E-state index contributed by atoms with van der Waals surface area (Å²) in [7, 11) is 1.71. The maximum absolute atomic E-state index is 12.6. The van der Waals surface area contributed by atoms with E-state index in [0.717, 1.165) is 43.6 Å². The van der Waals surface area contributed by atoms with E-state index in [-0.39, 0.29) is 12.0 Å². The molecule has 0 aromatic heterocycles. The van der Waals surface area contributed by atoms with Crippen LogP contribution in [0.1, 0.15) is 28.8 Å². The van der Waals surface area contributed by atoms with Gasteiger partial charge in [-0.1, -0.05) is 12.1 Å². The van der Waals surface area contributed by atoms with Crippen molar-refractivity contribution in [2.75, 3.05) is 32.1 Å². The summed E-state index contributed by atoms with van der Waals surface area (Å²) in [6.07, 6.45) is 3.33. The molecule has 19 heavy (non-hydrogen) atoms. The zero-order valence-electron chi connectivity index (χ0n) is 11.3. The molecule has 102 valence electrons. The third-order valence-corrected chi connectivity index (χ3v) is 4.07. The molecular formula is C15H20N2O2. The maximum Gasteiger partial charge on any atom is 0.256 e. The highest BCUT2D eigenvalue weighted by molar-refractivity contribution is 6.00. The number of likely N-dealkylation sites (tertiary alicyclic amines) is 1. The number of methoxy groups -OCH3 is 1. The van der Waals surface area contributed by atoms with E-state index < -0.39 is 0 Å². The third kappa shape index (κ3) is 2.32. The van der Waals surface area contributed by atoms with Crippen LogP contribution in [-0.2, 0) is 11.2 Å². The molecular weight excluding hydrogens is 240 g/mol. The molecule has 0 saturated carbocycles. The second-order valence-corrected chi connectivity index (χ2v) is 5.27. The Balaban J connectivity index is 1.84. The largest absolute Gasteiger partial charge is 0.384 e. The number of carbonyl (C=O) groups excluding carboxylic acids is 1. The van der Waals surface area contributed by atoms with Crippen molar-refractivity contribution in [3.05, 3.63) is 29.3 Å². The number of hydrogen-bond donors (Lipinski definition) is 1. The van der Waals surface area contributed by atoms with Crippen molar-refractivity contribution in [3.8, 4) is 0 Å². The maximum atomic E-state index is 12.6. The topological polar surface area (TPSA) is 41.6 Å². The number of aryl methyl sites for hydroxylation is 1. The van der Waals surface area contributed by atoms with Gasteiger partial charge in [-0.2, -0.15) is 0 Å². The Bertz CT molecular complexity index is 487. The highest BCUT2D eigenvalue weighted by Gasteiger charge is 2.28. The highest BCUT2D eigenvalue weighted by Crippen LogP contribution is 2.28. The van der Waals surface area contributed by atoms with Crippen LogP contribution in [-0.4, -0.2) is 43.7 Å². The minimum atomic E-state index is 0.130. The summed E-state index contributed by atoms with van der Waals surface area (Å²) in [4.78, 5) is 14.5. The molecule has 2 aliphatic heterocycles. The van der Waals surface area contributed by atoms with Crippen LogP contribution in [0.25, 0.3) is 0 Å². The Hall–Kier alpha value is -1.55. The summed E-state index contributed by atoms with van der Waals surface area (Å²) in [5.41, 5.74) is 3.12. The lowest BCUT2D eigenvalue weighted by molar-refractivity contribution is 0.0725. The second-order valence-electron chi connectivity index (χ2n) is 5.27. The lowest BCUT2D eigenvalue weighted by Gasteiger charge is -2.23. The number of para-hydroxylation sites is 1. The predicted molar refractivity (Wildman–Crippen MR) is 74.6 cm³/mol. The molecule has 2 heterocycles. The van der Waals surface area contributed by atoms with Gasteiger partial charge in [0.05, 0.1) is 17.4 Å². The number of anilines is 1. The summed E-state index contributed by atoms with van der Waals surface area (Å²) in [5, 5.41) is 3.38. The van der Waals surface area contributed by atoms with Crippen molar-refractivity contribution >= 4 is 11.6 Å². The molecule has 1 atom stereocenters. The van der Waals surface area contributed by atoms with E-state index >= 15 is 0 Å². The molecule has 3 rings (SSSR count). The Kier molecular flexibility index (Phi) is 3.42. The number of rotatable bonds is 2.